The highest BCUT2D eigenvalue weighted by molar-refractivity contribution is 5.93. The van der Waals surface area contributed by atoms with E-state index in [0.717, 1.165) is 4.90 Å². The Labute approximate surface area is 159 Å². The maximum absolute atomic E-state index is 13.1. The Morgan fingerprint density at radius 2 is 1.82 bits per heavy atom. The van der Waals surface area contributed by atoms with Gasteiger partial charge in [-0.25, -0.2) is 14.0 Å². The number of urea groups is 1. The number of anilines is 1. The molecule has 1 aliphatic heterocycles. The Morgan fingerprint density at radius 3 is 2.39 bits per heavy atom. The van der Waals surface area contributed by atoms with Crippen molar-refractivity contribution in [2.45, 2.75) is 6.04 Å². The van der Waals surface area contributed by atoms with Crippen molar-refractivity contribution in [3.63, 3.8) is 0 Å². The van der Waals surface area contributed by atoms with E-state index in [-0.39, 0.29) is 30.5 Å². The summed E-state index contributed by atoms with van der Waals surface area (Å²) in [7, 11) is 1.42. The second-order valence-corrected chi connectivity index (χ2v) is 6.38. The van der Waals surface area contributed by atoms with Crippen molar-refractivity contribution in [2.75, 3.05) is 25.5 Å². The van der Waals surface area contributed by atoms with Crippen LogP contribution in [0.1, 0.15) is 0 Å². The number of halogens is 1. The van der Waals surface area contributed by atoms with Crippen molar-refractivity contribution in [1.82, 2.24) is 9.80 Å². The van der Waals surface area contributed by atoms with Crippen LogP contribution < -0.4 is 5.32 Å². The number of nitro benzene ring substituents is 1. The van der Waals surface area contributed by atoms with Gasteiger partial charge in [-0.3, -0.25) is 10.1 Å². The van der Waals surface area contributed by atoms with Gasteiger partial charge in [0.25, 0.3) is 5.69 Å². The summed E-state index contributed by atoms with van der Waals surface area (Å²) in [4.78, 5) is 36.4. The minimum Gasteiger partial charge on any atom is -0.465 e. The predicted molar refractivity (Wildman–Crippen MR) is 98.7 cm³/mol. The lowest BCUT2D eigenvalue weighted by atomic mass is 10.0. The molecule has 2 N–H and O–H groups in total. The third-order valence-electron chi connectivity index (χ3n) is 4.61. The van der Waals surface area contributed by atoms with Crippen molar-refractivity contribution in [2.24, 2.45) is 0 Å². The van der Waals surface area contributed by atoms with Crippen molar-refractivity contribution in [3.8, 4) is 11.1 Å². The summed E-state index contributed by atoms with van der Waals surface area (Å²) in [6.07, 6.45) is -1.09. The van der Waals surface area contributed by atoms with E-state index < -0.39 is 22.9 Å². The first kappa shape index (κ1) is 19.1. The Kier molecular flexibility index (Phi) is 5.12. The summed E-state index contributed by atoms with van der Waals surface area (Å²) in [5.74, 6) is -0.405. The van der Waals surface area contributed by atoms with Crippen LogP contribution in [-0.4, -0.2) is 58.1 Å². The van der Waals surface area contributed by atoms with E-state index in [9.17, 15) is 24.1 Å². The molecule has 28 heavy (non-hydrogen) atoms. The number of hydrogen-bond donors (Lipinski definition) is 2. The molecule has 1 heterocycles. The lowest BCUT2D eigenvalue weighted by Crippen LogP contribution is -2.61. The molecule has 0 bridgehead atoms. The number of carboxylic acid groups (broad SMARTS) is 1. The number of benzene rings is 2. The van der Waals surface area contributed by atoms with Crippen LogP contribution in [0.25, 0.3) is 11.1 Å². The molecule has 10 heteroatoms. The molecule has 0 atom stereocenters. The molecule has 0 aromatic heterocycles. The summed E-state index contributed by atoms with van der Waals surface area (Å²) in [6, 6.07) is 8.96. The Hall–Kier alpha value is -3.69. The summed E-state index contributed by atoms with van der Waals surface area (Å²) in [5, 5.41) is 22.7. The molecule has 1 aliphatic rings. The molecule has 0 unspecified atom stereocenters. The van der Waals surface area contributed by atoms with E-state index >= 15 is 0 Å². The molecule has 146 valence electrons. The van der Waals surface area contributed by atoms with Crippen LogP contribution in [0, 0.1) is 15.9 Å². The quantitative estimate of drug-likeness (QED) is 0.616. The zero-order valence-electron chi connectivity index (χ0n) is 14.8. The van der Waals surface area contributed by atoms with Gasteiger partial charge in [0.05, 0.1) is 11.0 Å². The highest BCUT2D eigenvalue weighted by Gasteiger charge is 2.36. The molecule has 0 radical (unpaired) electrons. The van der Waals surface area contributed by atoms with Gasteiger partial charge in [-0.05, 0) is 35.4 Å². The van der Waals surface area contributed by atoms with Crippen LogP contribution in [0.15, 0.2) is 42.5 Å². The minimum atomic E-state index is -1.09. The Morgan fingerprint density at radius 1 is 1.21 bits per heavy atom. The van der Waals surface area contributed by atoms with E-state index in [0.29, 0.717) is 11.1 Å². The van der Waals surface area contributed by atoms with Crippen molar-refractivity contribution in [3.05, 3.63) is 58.4 Å². The van der Waals surface area contributed by atoms with Crippen molar-refractivity contribution >= 4 is 23.5 Å². The third kappa shape index (κ3) is 3.85. The fraction of sp³-hybridized carbons (Fsp3) is 0.222. The topological polar surface area (TPSA) is 116 Å². The van der Waals surface area contributed by atoms with Crippen LogP contribution in [0.2, 0.25) is 0 Å². The average molecular weight is 388 g/mol. The number of carbonyl (C=O) groups is 2. The highest BCUT2D eigenvalue weighted by Crippen LogP contribution is 2.31. The minimum absolute atomic E-state index is 0.00636. The van der Waals surface area contributed by atoms with Crippen LogP contribution in [0.5, 0.6) is 0 Å². The van der Waals surface area contributed by atoms with Crippen molar-refractivity contribution < 1.29 is 24.0 Å². The van der Waals surface area contributed by atoms with E-state index in [1.165, 1.54) is 54.4 Å². The van der Waals surface area contributed by atoms with Crippen LogP contribution in [0.4, 0.5) is 25.4 Å². The van der Waals surface area contributed by atoms with E-state index in [4.69, 9.17) is 5.11 Å². The summed E-state index contributed by atoms with van der Waals surface area (Å²) >= 11 is 0. The van der Waals surface area contributed by atoms with Crippen LogP contribution in [-0.2, 0) is 0 Å². The summed E-state index contributed by atoms with van der Waals surface area (Å²) < 4.78 is 13.1. The number of likely N-dealkylation sites (tertiary alicyclic amines) is 1. The molecular formula is C18H17FN4O5. The second-order valence-electron chi connectivity index (χ2n) is 6.38. The maximum atomic E-state index is 13.1. The fourth-order valence-corrected chi connectivity index (χ4v) is 2.83. The number of nitro groups is 1. The van der Waals surface area contributed by atoms with E-state index in [2.05, 4.69) is 5.32 Å². The molecule has 2 aromatic carbocycles. The zero-order chi connectivity index (χ0) is 20.4. The van der Waals surface area contributed by atoms with Crippen LogP contribution >= 0.6 is 0 Å². The van der Waals surface area contributed by atoms with Gasteiger partial charge < -0.3 is 20.2 Å². The molecular weight excluding hydrogens is 371 g/mol. The van der Waals surface area contributed by atoms with Gasteiger partial charge >= 0.3 is 12.1 Å². The highest BCUT2D eigenvalue weighted by atomic mass is 19.1. The second kappa shape index (κ2) is 7.51. The van der Waals surface area contributed by atoms with Crippen LogP contribution in [0.3, 0.4) is 0 Å². The van der Waals surface area contributed by atoms with Gasteiger partial charge in [-0.1, -0.05) is 12.1 Å². The standard InChI is InChI=1S/C18H17FN4O5/c1-21(18(25)26)14-9-22(10-14)17(24)20-15-8-12(4-7-16(15)23(27)28)11-2-5-13(19)6-3-11/h2-8,14H,9-10H2,1H3,(H,20,24)(H,25,26). The molecule has 1 saturated heterocycles. The van der Waals surface area contributed by atoms with Gasteiger partial charge in [-0.15, -0.1) is 0 Å². The number of nitrogens with zero attached hydrogens (tertiary/aromatic N) is 3. The van der Waals surface area contributed by atoms with Crippen molar-refractivity contribution in [1.29, 1.82) is 0 Å². The first-order chi connectivity index (χ1) is 13.3. The monoisotopic (exact) mass is 388 g/mol. The number of likely N-dealkylation sites (N-methyl/N-ethyl adjacent to an activating group) is 1. The van der Waals surface area contributed by atoms with Gasteiger partial charge in [0, 0.05) is 26.2 Å². The number of rotatable bonds is 4. The molecule has 0 saturated carbocycles. The first-order valence-electron chi connectivity index (χ1n) is 8.32. The predicted octanol–water partition coefficient (Wildman–Crippen LogP) is 3.23. The average Bonchev–Trinajstić information content (AvgIpc) is 2.60. The Bertz CT molecular complexity index is 928. The molecule has 3 amide bonds. The number of hydrogen-bond acceptors (Lipinski definition) is 4. The molecule has 3 rings (SSSR count). The lowest BCUT2D eigenvalue weighted by molar-refractivity contribution is -0.383. The molecule has 9 nitrogen and oxygen atoms in total. The lowest BCUT2D eigenvalue weighted by Gasteiger charge is -2.42. The third-order valence-corrected chi connectivity index (χ3v) is 4.61. The number of carbonyl (C=O) groups excluding carboxylic acids is 1. The molecule has 2 aromatic rings. The Balaban J connectivity index is 1.77. The van der Waals surface area contributed by atoms with Gasteiger partial charge in [-0.2, -0.15) is 0 Å². The smallest absolute Gasteiger partial charge is 0.407 e. The molecule has 0 aliphatic carbocycles. The number of nitrogens with one attached hydrogen (secondary N) is 1. The SMILES string of the molecule is CN(C(=O)O)C1CN(C(=O)Nc2cc(-c3ccc(F)cc3)ccc2[N+](=O)[O-])C1. The molecule has 0 spiro atoms. The normalized spacial score (nSPS) is 13.6. The van der Waals surface area contributed by atoms with Gasteiger partial charge in [0.2, 0.25) is 0 Å². The molecule has 1 fully saturated rings. The van der Waals surface area contributed by atoms with E-state index in [1.54, 1.807) is 0 Å². The maximum Gasteiger partial charge on any atom is 0.407 e. The number of amides is 3. The zero-order valence-corrected chi connectivity index (χ0v) is 14.8. The van der Waals surface area contributed by atoms with E-state index in [1.807, 2.05) is 0 Å². The first-order valence-corrected chi connectivity index (χ1v) is 8.32. The summed E-state index contributed by atoms with van der Waals surface area (Å²) in [5.41, 5.74) is 0.942. The fourth-order valence-electron chi connectivity index (χ4n) is 2.83. The largest absolute Gasteiger partial charge is 0.465 e. The van der Waals surface area contributed by atoms with Gasteiger partial charge in [0.1, 0.15) is 11.5 Å². The summed E-state index contributed by atoms with van der Waals surface area (Å²) in [6.45, 7) is 0.389. The van der Waals surface area contributed by atoms with Gasteiger partial charge in [0.15, 0.2) is 0 Å².